The lowest BCUT2D eigenvalue weighted by atomic mass is 10.1. The SMILES string of the molecule is C[C@@H](CN1C(C(N)=O)=C(N)N=C(N)[C@@H]1Cl)NC[C@@H](O)COc1cccc2ccccc12. The number of hydrogen-bond donors (Lipinski definition) is 5. The monoisotopic (exact) mass is 446 g/mol. The molecule has 9 nitrogen and oxygen atoms in total. The first-order valence-electron chi connectivity index (χ1n) is 9.84. The molecule has 1 heterocycles. The second-order valence-electron chi connectivity index (χ2n) is 7.37. The van der Waals surface area contributed by atoms with E-state index in [0.717, 1.165) is 10.8 Å². The van der Waals surface area contributed by atoms with E-state index in [1.165, 1.54) is 4.90 Å². The Morgan fingerprint density at radius 3 is 2.74 bits per heavy atom. The number of ether oxygens (including phenoxy) is 1. The zero-order chi connectivity index (χ0) is 22.5. The number of nitrogens with zero attached hydrogens (tertiary/aromatic N) is 2. The van der Waals surface area contributed by atoms with Crippen molar-refractivity contribution in [3.8, 4) is 5.75 Å². The number of rotatable bonds is 9. The van der Waals surface area contributed by atoms with Crippen molar-refractivity contribution in [1.29, 1.82) is 0 Å². The van der Waals surface area contributed by atoms with Crippen LogP contribution in [0.2, 0.25) is 0 Å². The maximum Gasteiger partial charge on any atom is 0.268 e. The van der Waals surface area contributed by atoms with Crippen molar-refractivity contribution < 1.29 is 14.6 Å². The van der Waals surface area contributed by atoms with Crippen LogP contribution in [-0.2, 0) is 4.79 Å². The van der Waals surface area contributed by atoms with Gasteiger partial charge >= 0.3 is 0 Å². The number of primary amides is 1. The van der Waals surface area contributed by atoms with E-state index in [-0.39, 0.29) is 43.1 Å². The van der Waals surface area contributed by atoms with Crippen molar-refractivity contribution in [2.45, 2.75) is 24.6 Å². The second kappa shape index (κ2) is 9.86. The van der Waals surface area contributed by atoms with Gasteiger partial charge in [0.15, 0.2) is 11.3 Å². The van der Waals surface area contributed by atoms with Crippen LogP contribution in [0.3, 0.4) is 0 Å². The number of halogens is 1. The minimum atomic E-state index is -0.848. The number of alkyl halides is 1. The summed E-state index contributed by atoms with van der Waals surface area (Å²) in [5, 5.41) is 15.6. The lowest BCUT2D eigenvalue weighted by Crippen LogP contribution is -2.52. The summed E-state index contributed by atoms with van der Waals surface area (Å²) in [5.41, 5.74) is 16.2. The maximum absolute atomic E-state index is 11.8. The number of aliphatic imine (C=N–C) groups is 1. The van der Waals surface area contributed by atoms with E-state index in [1.807, 2.05) is 49.4 Å². The van der Waals surface area contributed by atoms with Gasteiger partial charge in [0.05, 0.1) is 0 Å². The highest BCUT2D eigenvalue weighted by Crippen LogP contribution is 2.25. The van der Waals surface area contributed by atoms with Crippen molar-refractivity contribution in [2.75, 3.05) is 19.7 Å². The van der Waals surface area contributed by atoms with Crippen LogP contribution < -0.4 is 27.3 Å². The Morgan fingerprint density at radius 1 is 1.29 bits per heavy atom. The predicted molar refractivity (Wildman–Crippen MR) is 121 cm³/mol. The fraction of sp³-hybridized carbons (Fsp3) is 0.333. The largest absolute Gasteiger partial charge is 0.490 e. The molecule has 0 fully saturated rings. The number of amidine groups is 1. The summed E-state index contributed by atoms with van der Waals surface area (Å²) in [6, 6.07) is 13.5. The van der Waals surface area contributed by atoms with Gasteiger partial charge in [0.1, 0.15) is 30.0 Å². The molecule has 8 N–H and O–H groups in total. The van der Waals surface area contributed by atoms with Crippen LogP contribution in [0.5, 0.6) is 5.75 Å². The predicted octanol–water partition coefficient (Wildman–Crippen LogP) is 0.408. The van der Waals surface area contributed by atoms with Gasteiger partial charge in [0, 0.05) is 24.5 Å². The Hall–Kier alpha value is -3.01. The number of aliphatic hydroxyl groups excluding tert-OH is 1. The van der Waals surface area contributed by atoms with E-state index in [4.69, 9.17) is 33.5 Å². The Morgan fingerprint density at radius 2 is 2.00 bits per heavy atom. The second-order valence-corrected chi connectivity index (χ2v) is 7.79. The molecule has 2 aromatic carbocycles. The first kappa shape index (κ1) is 22.7. The fourth-order valence-electron chi connectivity index (χ4n) is 3.38. The smallest absolute Gasteiger partial charge is 0.268 e. The molecule has 1 aliphatic heterocycles. The molecule has 3 atom stereocenters. The third-order valence-electron chi connectivity index (χ3n) is 4.88. The van der Waals surface area contributed by atoms with Gasteiger partial charge in [0.2, 0.25) is 0 Å². The Kier molecular flexibility index (Phi) is 7.21. The minimum Gasteiger partial charge on any atom is -0.490 e. The highest BCUT2D eigenvalue weighted by Gasteiger charge is 2.32. The summed E-state index contributed by atoms with van der Waals surface area (Å²) in [6.07, 6.45) is -0.752. The van der Waals surface area contributed by atoms with E-state index < -0.39 is 17.5 Å². The zero-order valence-corrected chi connectivity index (χ0v) is 17.9. The fourth-order valence-corrected chi connectivity index (χ4v) is 3.61. The summed E-state index contributed by atoms with van der Waals surface area (Å²) < 4.78 is 5.82. The first-order valence-corrected chi connectivity index (χ1v) is 10.3. The number of carbonyl (C=O) groups is 1. The van der Waals surface area contributed by atoms with Gasteiger partial charge in [-0.1, -0.05) is 48.0 Å². The average molecular weight is 447 g/mol. The Labute approximate surface area is 185 Å². The van der Waals surface area contributed by atoms with Gasteiger partial charge in [-0.2, -0.15) is 0 Å². The number of fused-ring (bicyclic) bond motifs is 1. The summed E-state index contributed by atoms with van der Waals surface area (Å²) >= 11 is 6.28. The summed E-state index contributed by atoms with van der Waals surface area (Å²) in [6.45, 7) is 2.54. The highest BCUT2D eigenvalue weighted by molar-refractivity contribution is 6.31. The van der Waals surface area contributed by atoms with Crippen molar-refractivity contribution in [3.05, 3.63) is 54.0 Å². The molecule has 3 rings (SSSR count). The van der Waals surface area contributed by atoms with E-state index in [1.54, 1.807) is 0 Å². The van der Waals surface area contributed by atoms with Crippen LogP contribution in [0.25, 0.3) is 10.8 Å². The minimum absolute atomic E-state index is 0.0164. The number of nitrogens with one attached hydrogen (secondary N) is 1. The molecule has 2 aromatic rings. The van der Waals surface area contributed by atoms with Crippen LogP contribution in [0.4, 0.5) is 0 Å². The van der Waals surface area contributed by atoms with E-state index in [9.17, 15) is 9.90 Å². The van der Waals surface area contributed by atoms with Gasteiger partial charge < -0.3 is 37.3 Å². The number of hydrogen-bond acceptors (Lipinski definition) is 8. The quantitative estimate of drug-likeness (QED) is 0.276. The Bertz CT molecular complexity index is 1010. The molecule has 1 aliphatic rings. The van der Waals surface area contributed by atoms with Crippen molar-refractivity contribution in [2.24, 2.45) is 22.2 Å². The lowest BCUT2D eigenvalue weighted by molar-refractivity contribution is -0.116. The third-order valence-corrected chi connectivity index (χ3v) is 5.34. The van der Waals surface area contributed by atoms with Gasteiger partial charge in [-0.3, -0.25) is 4.79 Å². The van der Waals surface area contributed by atoms with Crippen LogP contribution in [0.15, 0.2) is 59.0 Å². The molecule has 1 amide bonds. The summed E-state index contributed by atoms with van der Waals surface area (Å²) in [4.78, 5) is 17.2. The number of aliphatic hydroxyl groups is 1. The molecule has 0 spiro atoms. The molecular weight excluding hydrogens is 420 g/mol. The molecule has 0 saturated heterocycles. The maximum atomic E-state index is 11.8. The number of carbonyl (C=O) groups excluding carboxylic acids is 1. The van der Waals surface area contributed by atoms with Crippen molar-refractivity contribution in [3.63, 3.8) is 0 Å². The van der Waals surface area contributed by atoms with Crippen LogP contribution in [-0.4, -0.2) is 59.1 Å². The van der Waals surface area contributed by atoms with Crippen LogP contribution in [0, 0.1) is 0 Å². The van der Waals surface area contributed by atoms with Crippen LogP contribution >= 0.6 is 11.6 Å². The first-order chi connectivity index (χ1) is 14.8. The van der Waals surface area contributed by atoms with Gasteiger partial charge in [-0.15, -0.1) is 0 Å². The van der Waals surface area contributed by atoms with Gasteiger partial charge in [-0.05, 0) is 18.4 Å². The molecule has 0 unspecified atom stereocenters. The number of nitrogens with two attached hydrogens (primary N) is 3. The Balaban J connectivity index is 1.54. The van der Waals surface area contributed by atoms with Crippen molar-refractivity contribution in [1.82, 2.24) is 10.2 Å². The topological polar surface area (TPSA) is 152 Å². The van der Waals surface area contributed by atoms with E-state index in [2.05, 4.69) is 10.3 Å². The van der Waals surface area contributed by atoms with E-state index >= 15 is 0 Å². The standard InChI is InChI=1S/C21H27ClN6O3/c1-12(10-28-17(21(25)30)19(23)27-20(24)18(28)22)26-9-14(29)11-31-16-8-4-6-13-5-2-3-7-15(13)16/h2-8,12,14,18,26,29H,9-11,23H2,1H3,(H2,24,27)(H2,25,30)/t12-,14+,18+/m0/s1. The number of benzene rings is 2. The number of amides is 1. The van der Waals surface area contributed by atoms with E-state index in [0.29, 0.717) is 5.75 Å². The molecule has 0 aromatic heterocycles. The van der Waals surface area contributed by atoms with Crippen LogP contribution in [0.1, 0.15) is 6.92 Å². The molecule has 0 radical (unpaired) electrons. The van der Waals surface area contributed by atoms with Gasteiger partial charge in [0.25, 0.3) is 5.91 Å². The third kappa shape index (κ3) is 5.38. The molecule has 31 heavy (non-hydrogen) atoms. The lowest BCUT2D eigenvalue weighted by Gasteiger charge is -2.35. The molecular formula is C21H27ClN6O3. The normalized spacial score (nSPS) is 18.6. The van der Waals surface area contributed by atoms with Crippen molar-refractivity contribution >= 4 is 34.1 Å². The molecule has 10 heteroatoms. The summed E-state index contributed by atoms with van der Waals surface area (Å²) in [5.74, 6) is -0.0161. The molecule has 0 bridgehead atoms. The molecule has 0 aliphatic carbocycles. The zero-order valence-electron chi connectivity index (χ0n) is 17.2. The highest BCUT2D eigenvalue weighted by atomic mass is 35.5. The average Bonchev–Trinajstić information content (AvgIpc) is 2.74. The summed E-state index contributed by atoms with van der Waals surface area (Å²) in [7, 11) is 0. The molecule has 166 valence electrons. The molecule has 0 saturated carbocycles. The van der Waals surface area contributed by atoms with Gasteiger partial charge in [-0.25, -0.2) is 4.99 Å².